The Morgan fingerprint density at radius 3 is 2.33 bits per heavy atom. The summed E-state index contributed by atoms with van der Waals surface area (Å²) in [5.74, 6) is 0. The van der Waals surface area contributed by atoms with Crippen molar-refractivity contribution in [2.45, 2.75) is 26.7 Å². The number of hydrogen-bond donors (Lipinski definition) is 0. The van der Waals surface area contributed by atoms with Gasteiger partial charge in [-0.05, 0) is 49.0 Å². The molecule has 2 aromatic carbocycles. The van der Waals surface area contributed by atoms with Gasteiger partial charge in [0.15, 0.2) is 0 Å². The van der Waals surface area contributed by atoms with Gasteiger partial charge in [-0.3, -0.25) is 0 Å². The van der Waals surface area contributed by atoms with E-state index < -0.39 is 0 Å². The van der Waals surface area contributed by atoms with Gasteiger partial charge >= 0.3 is 0 Å². The van der Waals surface area contributed by atoms with Crippen molar-refractivity contribution in [3.05, 3.63) is 112 Å². The Morgan fingerprint density at radius 2 is 1.67 bits per heavy atom. The van der Waals surface area contributed by atoms with Gasteiger partial charge in [-0.2, -0.15) is 0 Å². The standard InChI is InChI=1S/C24H24/c1-19-13-20(2)15-23(14-19)18-24(16-21-9-5-3-6-10-21)17-22-11-7-4-8-12-22/h3,5-17H,4,18H2,1-2H3/b24-16+/i16D,17D. The van der Waals surface area contributed by atoms with Gasteiger partial charge in [0.25, 0.3) is 0 Å². The Kier molecular flexibility index (Phi) is 4.48. The van der Waals surface area contributed by atoms with E-state index in [0.717, 1.165) is 28.7 Å². The molecule has 0 atom stereocenters. The van der Waals surface area contributed by atoms with E-state index in [4.69, 9.17) is 2.74 Å². The summed E-state index contributed by atoms with van der Waals surface area (Å²) in [6.07, 6.45) is 9.58. The van der Waals surface area contributed by atoms with Crippen molar-refractivity contribution in [2.24, 2.45) is 0 Å². The molecule has 0 bridgehead atoms. The summed E-state index contributed by atoms with van der Waals surface area (Å²) in [6.45, 7) is 4.18. The van der Waals surface area contributed by atoms with Crippen molar-refractivity contribution >= 4 is 6.05 Å². The van der Waals surface area contributed by atoms with E-state index in [1.165, 1.54) is 11.1 Å². The Bertz CT molecular complexity index is 878. The number of allylic oxidation sites excluding steroid dienone is 7. The molecule has 0 aromatic heterocycles. The topological polar surface area (TPSA) is 0 Å². The van der Waals surface area contributed by atoms with Crippen LogP contribution in [0.2, 0.25) is 0 Å². The molecule has 24 heavy (non-hydrogen) atoms. The molecule has 2 aromatic rings. The highest BCUT2D eigenvalue weighted by atomic mass is 14.1. The molecule has 0 amide bonds. The zero-order valence-corrected chi connectivity index (χ0v) is 14.3. The van der Waals surface area contributed by atoms with E-state index in [1.807, 2.05) is 42.5 Å². The molecule has 0 aliphatic heterocycles. The molecule has 0 N–H and O–H groups in total. The predicted octanol–water partition coefficient (Wildman–Crippen LogP) is 6.37. The van der Waals surface area contributed by atoms with Gasteiger partial charge < -0.3 is 0 Å². The van der Waals surface area contributed by atoms with Crippen molar-refractivity contribution in [3.63, 3.8) is 0 Å². The maximum atomic E-state index is 8.76. The van der Waals surface area contributed by atoms with Crippen LogP contribution in [0.1, 0.15) is 31.4 Å². The SMILES string of the molecule is [2H]C(=C1C=CCC=C1)/C(Cc1cc(C)cc(C)c1)=C(/[2H])c1ccccc1. The Morgan fingerprint density at radius 1 is 1.00 bits per heavy atom. The van der Waals surface area contributed by atoms with Crippen LogP contribution in [0.5, 0.6) is 0 Å². The van der Waals surface area contributed by atoms with Crippen LogP contribution in [0.4, 0.5) is 0 Å². The second-order valence-corrected chi connectivity index (χ2v) is 6.26. The first kappa shape index (κ1) is 13.8. The molecule has 1 aliphatic rings. The lowest BCUT2D eigenvalue weighted by atomic mass is 9.96. The van der Waals surface area contributed by atoms with Crippen LogP contribution in [-0.2, 0) is 6.42 Å². The average molecular weight is 314 g/mol. The number of aryl methyl sites for hydroxylation is 2. The van der Waals surface area contributed by atoms with Gasteiger partial charge in [-0.25, -0.2) is 0 Å². The Hall–Kier alpha value is -2.60. The third-order valence-corrected chi connectivity index (χ3v) is 3.89. The second kappa shape index (κ2) is 7.79. The van der Waals surface area contributed by atoms with E-state index in [2.05, 4.69) is 44.2 Å². The number of hydrogen-bond acceptors (Lipinski definition) is 0. The van der Waals surface area contributed by atoms with E-state index >= 15 is 0 Å². The maximum absolute atomic E-state index is 8.76. The zero-order chi connectivity index (χ0) is 18.5. The summed E-state index contributed by atoms with van der Waals surface area (Å²) in [5.41, 5.74) is 6.04. The minimum Gasteiger partial charge on any atom is -0.0801 e. The quantitative estimate of drug-likeness (QED) is 0.615. The van der Waals surface area contributed by atoms with Crippen LogP contribution >= 0.6 is 0 Å². The molecule has 0 fully saturated rings. The molecule has 0 nitrogen and oxygen atoms in total. The van der Waals surface area contributed by atoms with Gasteiger partial charge in [0.1, 0.15) is 0 Å². The number of rotatable bonds is 4. The Labute approximate surface area is 148 Å². The first-order chi connectivity index (χ1) is 12.5. The van der Waals surface area contributed by atoms with Gasteiger partial charge in [0.2, 0.25) is 0 Å². The summed E-state index contributed by atoms with van der Waals surface area (Å²) in [5, 5.41) is 0. The normalized spacial score (nSPS) is 15.7. The molecule has 0 saturated carbocycles. The van der Waals surface area contributed by atoms with Crippen molar-refractivity contribution in [1.29, 1.82) is 0 Å². The summed E-state index contributed by atoms with van der Waals surface area (Å²) < 4.78 is 17.5. The van der Waals surface area contributed by atoms with E-state index in [-0.39, 0.29) is 0 Å². The van der Waals surface area contributed by atoms with Crippen LogP contribution in [0.3, 0.4) is 0 Å². The van der Waals surface area contributed by atoms with E-state index in [1.54, 1.807) is 0 Å². The minimum atomic E-state index is 0.426. The fourth-order valence-corrected chi connectivity index (χ4v) is 2.97. The largest absolute Gasteiger partial charge is 0.0801 e. The highest BCUT2D eigenvalue weighted by Crippen LogP contribution is 2.20. The van der Waals surface area contributed by atoms with Crippen LogP contribution < -0.4 is 0 Å². The van der Waals surface area contributed by atoms with Gasteiger partial charge in [0.05, 0.1) is 2.74 Å². The fourth-order valence-electron chi connectivity index (χ4n) is 2.97. The monoisotopic (exact) mass is 314 g/mol. The summed E-state index contributed by atoms with van der Waals surface area (Å²) >= 11 is 0. The minimum absolute atomic E-state index is 0.426. The van der Waals surface area contributed by atoms with Crippen LogP contribution in [0.15, 0.2) is 90.0 Å². The van der Waals surface area contributed by atoms with Crippen molar-refractivity contribution in [3.8, 4) is 0 Å². The molecule has 3 rings (SSSR count). The molecular weight excluding hydrogens is 288 g/mol. The van der Waals surface area contributed by atoms with Crippen LogP contribution in [-0.4, -0.2) is 0 Å². The summed E-state index contributed by atoms with van der Waals surface area (Å²) in [7, 11) is 0. The predicted molar refractivity (Wildman–Crippen MR) is 105 cm³/mol. The second-order valence-electron chi connectivity index (χ2n) is 6.26. The smallest absolute Gasteiger partial charge is 0.0632 e. The lowest BCUT2D eigenvalue weighted by molar-refractivity contribution is 1.17. The zero-order valence-electron chi connectivity index (χ0n) is 16.3. The summed E-state index contributed by atoms with van der Waals surface area (Å²) in [6, 6.07) is 17.0. The molecule has 0 radical (unpaired) electrons. The lowest BCUT2D eigenvalue weighted by Crippen LogP contribution is -1.92. The van der Waals surface area contributed by atoms with Crippen molar-refractivity contribution in [2.75, 3.05) is 0 Å². The van der Waals surface area contributed by atoms with Gasteiger partial charge in [-0.1, -0.05) is 96.1 Å². The van der Waals surface area contributed by atoms with Gasteiger partial charge in [-0.15, -0.1) is 0 Å². The highest BCUT2D eigenvalue weighted by molar-refractivity contribution is 5.59. The molecular formula is C24H24. The van der Waals surface area contributed by atoms with Crippen LogP contribution in [0.25, 0.3) is 6.05 Å². The molecule has 0 heterocycles. The highest BCUT2D eigenvalue weighted by Gasteiger charge is 2.02. The first-order valence-corrected chi connectivity index (χ1v) is 8.41. The average Bonchev–Trinajstić information content (AvgIpc) is 2.66. The van der Waals surface area contributed by atoms with E-state index in [9.17, 15) is 0 Å². The number of benzene rings is 2. The summed E-state index contributed by atoms with van der Waals surface area (Å²) in [4.78, 5) is 0. The first-order valence-electron chi connectivity index (χ1n) is 9.41. The maximum Gasteiger partial charge on any atom is 0.0632 e. The Balaban J connectivity index is 2.11. The fraction of sp³-hybridized carbons (Fsp3) is 0.167. The molecule has 0 saturated heterocycles. The molecule has 1 aliphatic carbocycles. The molecule has 0 spiro atoms. The lowest BCUT2D eigenvalue weighted by Gasteiger charge is -2.09. The molecule has 0 heteroatoms. The third kappa shape index (κ3) is 4.70. The van der Waals surface area contributed by atoms with Crippen LogP contribution in [0, 0.1) is 13.8 Å². The molecule has 120 valence electrons. The molecule has 0 unspecified atom stereocenters. The van der Waals surface area contributed by atoms with Gasteiger partial charge in [0, 0.05) is 0 Å². The third-order valence-electron chi connectivity index (χ3n) is 3.89. The van der Waals surface area contributed by atoms with Crippen molar-refractivity contribution in [1.82, 2.24) is 0 Å². The van der Waals surface area contributed by atoms with Crippen molar-refractivity contribution < 1.29 is 2.74 Å². The van der Waals surface area contributed by atoms with E-state index in [0.29, 0.717) is 18.5 Å².